The molecule has 224 valence electrons. The molecule has 0 saturated carbocycles. The third-order valence-electron chi connectivity index (χ3n) is 7.62. The van der Waals surface area contributed by atoms with E-state index in [0.717, 1.165) is 39.0 Å². The van der Waals surface area contributed by atoms with E-state index in [1.165, 1.54) is 0 Å². The summed E-state index contributed by atoms with van der Waals surface area (Å²) in [7, 11) is 1.46. The molecule has 2 heterocycles. The normalized spacial score (nSPS) is 16.0. The van der Waals surface area contributed by atoms with Crippen molar-refractivity contribution < 1.29 is 27.1 Å². The highest BCUT2D eigenvalue weighted by Crippen LogP contribution is 2.45. The maximum absolute atomic E-state index is 6.78. The van der Waals surface area contributed by atoms with Crippen molar-refractivity contribution in [1.29, 1.82) is 0 Å². The monoisotopic (exact) mass is 591 g/mol. The summed E-state index contributed by atoms with van der Waals surface area (Å²) in [5.74, 6) is 2.10. The van der Waals surface area contributed by atoms with Crippen LogP contribution in [0.5, 0.6) is 11.5 Å². The summed E-state index contributed by atoms with van der Waals surface area (Å²) in [4.78, 5) is 4.90. The van der Waals surface area contributed by atoms with Gasteiger partial charge in [0.25, 0.3) is 0 Å². The number of hydrogen-bond acceptors (Lipinski definition) is 7. The molecule has 0 aliphatic carbocycles. The van der Waals surface area contributed by atoms with Gasteiger partial charge in [-0.25, -0.2) is 4.99 Å². The standard InChI is InChI=1S/C34H42NO6P/c1-32(2,3)26-18-22(36-9)16-24-25-17-23(37-10)19-27(33(4,5)6)30(25)40-42(39-29(24)26)41-34(7,8)28-20-38-31(35-28)21-14-12-11-13-15-21/h11-19,28H,20H2,1-10H3/t28-/m0/s1. The fourth-order valence-corrected chi connectivity index (χ4v) is 6.39. The zero-order valence-electron chi connectivity index (χ0n) is 26.3. The molecule has 0 amide bonds. The second-order valence-corrected chi connectivity index (χ2v) is 14.3. The van der Waals surface area contributed by atoms with E-state index in [1.807, 2.05) is 68.4 Å². The summed E-state index contributed by atoms with van der Waals surface area (Å²) < 4.78 is 37.9. The molecule has 0 fully saturated rings. The van der Waals surface area contributed by atoms with Gasteiger partial charge in [0.05, 0.1) is 14.2 Å². The van der Waals surface area contributed by atoms with E-state index in [1.54, 1.807) is 14.2 Å². The summed E-state index contributed by atoms with van der Waals surface area (Å²) in [6.45, 7) is 17.4. The molecule has 1 aromatic heterocycles. The van der Waals surface area contributed by atoms with Gasteiger partial charge >= 0.3 is 8.24 Å². The van der Waals surface area contributed by atoms with Crippen molar-refractivity contribution in [3.63, 3.8) is 0 Å². The molecule has 42 heavy (non-hydrogen) atoms. The molecule has 7 nitrogen and oxygen atoms in total. The first-order valence-electron chi connectivity index (χ1n) is 14.3. The molecule has 0 bridgehead atoms. The average Bonchev–Trinajstić information content (AvgIpc) is 3.38. The van der Waals surface area contributed by atoms with Crippen molar-refractivity contribution >= 4 is 36.1 Å². The quantitative estimate of drug-likeness (QED) is 0.223. The smallest absolute Gasteiger partial charge is 0.388 e. The molecule has 3 aromatic carbocycles. The van der Waals surface area contributed by atoms with Crippen molar-refractivity contribution in [1.82, 2.24) is 0 Å². The van der Waals surface area contributed by atoms with Crippen molar-refractivity contribution in [3.05, 3.63) is 71.3 Å². The van der Waals surface area contributed by atoms with Gasteiger partial charge in [0.15, 0.2) is 0 Å². The summed E-state index contributed by atoms with van der Waals surface area (Å²) in [5.41, 5.74) is 3.11. The Balaban J connectivity index is 1.77. The topological polar surface area (TPSA) is 75.6 Å². The lowest BCUT2D eigenvalue weighted by Gasteiger charge is -2.26. The Kier molecular flexibility index (Phi) is 7.88. The first-order valence-corrected chi connectivity index (χ1v) is 15.4. The van der Waals surface area contributed by atoms with Crippen LogP contribution in [0.3, 0.4) is 0 Å². The molecule has 0 spiro atoms. The minimum absolute atomic E-state index is 0.250. The molecule has 0 N–H and O–H groups in total. The average molecular weight is 592 g/mol. The van der Waals surface area contributed by atoms with Gasteiger partial charge in [-0.15, -0.1) is 0 Å². The Bertz CT molecular complexity index is 1590. The number of methoxy groups -OCH3 is 2. The van der Waals surface area contributed by atoms with E-state index in [0.29, 0.717) is 23.7 Å². The molecule has 0 saturated heterocycles. The van der Waals surface area contributed by atoms with Gasteiger partial charge in [-0.3, -0.25) is 4.52 Å². The number of ether oxygens (including phenoxy) is 3. The summed E-state index contributed by atoms with van der Waals surface area (Å²) in [6.07, 6.45) is 0. The van der Waals surface area contributed by atoms with E-state index in [9.17, 15) is 0 Å². The van der Waals surface area contributed by atoms with Crippen LogP contribution in [0, 0.1) is 0 Å². The second-order valence-electron chi connectivity index (χ2n) is 13.3. The van der Waals surface area contributed by atoms with Crippen LogP contribution in [-0.2, 0) is 15.6 Å². The Morgan fingerprint density at radius 1 is 0.738 bits per heavy atom. The predicted molar refractivity (Wildman–Crippen MR) is 170 cm³/mol. The van der Waals surface area contributed by atoms with Gasteiger partial charge in [0.2, 0.25) is 5.90 Å². The van der Waals surface area contributed by atoms with E-state index in [2.05, 4.69) is 41.5 Å². The lowest BCUT2D eigenvalue weighted by atomic mass is 9.84. The molecule has 1 aliphatic heterocycles. The van der Waals surface area contributed by atoms with Crippen molar-refractivity contribution in [3.8, 4) is 11.5 Å². The van der Waals surface area contributed by atoms with Gasteiger partial charge in [-0.05, 0) is 61.1 Å². The Hall–Kier alpha value is -3.41. The summed E-state index contributed by atoms with van der Waals surface area (Å²) >= 11 is 0. The van der Waals surface area contributed by atoms with Gasteiger partial charge in [0, 0.05) is 27.5 Å². The molecule has 1 aliphatic rings. The highest BCUT2D eigenvalue weighted by molar-refractivity contribution is 7.31. The van der Waals surface area contributed by atoms with E-state index >= 15 is 0 Å². The molecule has 8 heteroatoms. The van der Waals surface area contributed by atoms with Crippen LogP contribution in [0.25, 0.3) is 21.9 Å². The van der Waals surface area contributed by atoms with Gasteiger partial charge in [-0.2, -0.15) is 0 Å². The fraction of sp³-hybridized carbons (Fsp3) is 0.441. The third-order valence-corrected chi connectivity index (χ3v) is 8.90. The van der Waals surface area contributed by atoms with Gasteiger partial charge in [0.1, 0.15) is 40.9 Å². The van der Waals surface area contributed by atoms with Crippen LogP contribution in [0.1, 0.15) is 72.1 Å². The first kappa shape index (κ1) is 30.1. The second kappa shape index (κ2) is 11.0. The molecule has 1 atom stereocenters. The number of nitrogens with zero attached hydrogens (tertiary/aromatic N) is 1. The Morgan fingerprint density at radius 3 is 1.69 bits per heavy atom. The maximum Gasteiger partial charge on any atom is 0.388 e. The number of hydrogen-bond donors (Lipinski definition) is 0. The van der Waals surface area contributed by atoms with Gasteiger partial charge in [-0.1, -0.05) is 59.7 Å². The fourth-order valence-electron chi connectivity index (χ4n) is 5.08. The van der Waals surface area contributed by atoms with Gasteiger partial charge < -0.3 is 22.6 Å². The largest absolute Gasteiger partial charge is 0.497 e. The molecule has 4 aromatic rings. The first-order chi connectivity index (χ1) is 19.7. The van der Waals surface area contributed by atoms with Crippen LogP contribution < -0.4 is 14.0 Å². The zero-order valence-corrected chi connectivity index (χ0v) is 27.2. The maximum atomic E-state index is 6.78. The highest BCUT2D eigenvalue weighted by Gasteiger charge is 2.38. The molecule has 0 radical (unpaired) electrons. The van der Waals surface area contributed by atoms with E-state index in [-0.39, 0.29) is 16.9 Å². The van der Waals surface area contributed by atoms with Crippen LogP contribution in [0.4, 0.5) is 0 Å². The lowest BCUT2D eigenvalue weighted by Crippen LogP contribution is -2.41. The highest BCUT2D eigenvalue weighted by atomic mass is 31.1. The lowest BCUT2D eigenvalue weighted by molar-refractivity contribution is 0.109. The molecule has 0 unspecified atom stereocenters. The molecular formula is C34H42NO6P. The number of benzene rings is 3. The van der Waals surface area contributed by atoms with E-state index < -0.39 is 13.8 Å². The van der Waals surface area contributed by atoms with E-state index in [4.69, 9.17) is 32.1 Å². The number of aliphatic imine (C=N–C) groups is 1. The van der Waals surface area contributed by atoms with Crippen LogP contribution >= 0.6 is 8.24 Å². The van der Waals surface area contributed by atoms with Crippen LogP contribution in [0.2, 0.25) is 0 Å². The minimum Gasteiger partial charge on any atom is -0.497 e. The predicted octanol–water partition coefficient (Wildman–Crippen LogP) is 8.96. The van der Waals surface area contributed by atoms with Crippen LogP contribution in [-0.4, -0.2) is 38.4 Å². The Morgan fingerprint density at radius 2 is 1.24 bits per heavy atom. The summed E-state index contributed by atoms with van der Waals surface area (Å²) in [5, 5.41) is 1.75. The number of rotatable bonds is 6. The zero-order chi connectivity index (χ0) is 30.4. The minimum atomic E-state index is -1.91. The summed E-state index contributed by atoms with van der Waals surface area (Å²) in [6, 6.07) is 17.8. The van der Waals surface area contributed by atoms with Crippen molar-refractivity contribution in [2.24, 2.45) is 4.99 Å². The molecule has 5 rings (SSSR count). The Labute approximate surface area is 249 Å². The number of fused-ring (bicyclic) bond motifs is 3. The van der Waals surface area contributed by atoms with Crippen molar-refractivity contribution in [2.45, 2.75) is 77.9 Å². The molecular weight excluding hydrogens is 549 g/mol. The third kappa shape index (κ3) is 5.91. The van der Waals surface area contributed by atoms with Crippen LogP contribution in [0.15, 0.2) is 68.0 Å². The SMILES string of the molecule is COc1cc(C(C)(C)C)c2op(OC(C)(C)[C@@H]3COC(c4ccccc4)=N3)oc3c(C(C)(C)C)cc(OC)cc3c2c1. The van der Waals surface area contributed by atoms with Crippen molar-refractivity contribution in [2.75, 3.05) is 20.8 Å².